The number of nitro benzene ring substituents is 1. The van der Waals surface area contributed by atoms with Gasteiger partial charge in [0.1, 0.15) is 11.4 Å². The maximum absolute atomic E-state index is 11.1. The van der Waals surface area contributed by atoms with E-state index in [1.54, 1.807) is 19.2 Å². The van der Waals surface area contributed by atoms with Crippen LogP contribution in [0.2, 0.25) is 0 Å². The van der Waals surface area contributed by atoms with Crippen molar-refractivity contribution in [3.05, 3.63) is 28.3 Å². The highest BCUT2D eigenvalue weighted by Crippen LogP contribution is 2.33. The first-order valence-electron chi connectivity index (χ1n) is 6.71. The number of hydrogen-bond acceptors (Lipinski definition) is 4. The Bertz CT molecular complexity index is 462. The number of methoxy groups -OCH3 is 1. The van der Waals surface area contributed by atoms with Crippen LogP contribution in [0.4, 0.5) is 11.4 Å². The summed E-state index contributed by atoms with van der Waals surface area (Å²) in [4.78, 5) is 10.7. The minimum atomic E-state index is -0.352. The fraction of sp³-hybridized carbons (Fsp3) is 0.571. The van der Waals surface area contributed by atoms with Crippen molar-refractivity contribution >= 4 is 11.4 Å². The maximum Gasteiger partial charge on any atom is 0.292 e. The molecule has 0 saturated heterocycles. The SMILES string of the molecule is COc1ccc([N+](=O)[O-])c(NC2CCCCC2C)c1. The Balaban J connectivity index is 2.23. The van der Waals surface area contributed by atoms with Crippen LogP contribution < -0.4 is 10.1 Å². The lowest BCUT2D eigenvalue weighted by atomic mass is 9.86. The van der Waals surface area contributed by atoms with Crippen LogP contribution >= 0.6 is 0 Å². The molecule has 1 fully saturated rings. The summed E-state index contributed by atoms with van der Waals surface area (Å²) >= 11 is 0. The maximum atomic E-state index is 11.1. The molecule has 5 nitrogen and oxygen atoms in total. The molecule has 0 aliphatic heterocycles. The van der Waals surface area contributed by atoms with Gasteiger partial charge in [-0.25, -0.2) is 0 Å². The lowest BCUT2D eigenvalue weighted by molar-refractivity contribution is -0.384. The lowest BCUT2D eigenvalue weighted by Crippen LogP contribution is -2.30. The van der Waals surface area contributed by atoms with Crippen molar-refractivity contribution in [1.82, 2.24) is 0 Å². The molecule has 0 spiro atoms. The summed E-state index contributed by atoms with van der Waals surface area (Å²) in [5.74, 6) is 1.18. The summed E-state index contributed by atoms with van der Waals surface area (Å²) in [6.45, 7) is 2.20. The van der Waals surface area contributed by atoms with E-state index in [1.165, 1.54) is 25.3 Å². The van der Waals surface area contributed by atoms with Gasteiger partial charge in [-0.05, 0) is 24.8 Å². The third-order valence-corrected chi connectivity index (χ3v) is 3.85. The van der Waals surface area contributed by atoms with Crippen LogP contribution in [0, 0.1) is 16.0 Å². The number of hydrogen-bond donors (Lipinski definition) is 1. The Morgan fingerprint density at radius 2 is 2.11 bits per heavy atom. The van der Waals surface area contributed by atoms with Gasteiger partial charge in [0.15, 0.2) is 0 Å². The van der Waals surface area contributed by atoms with Gasteiger partial charge in [-0.15, -0.1) is 0 Å². The predicted octanol–water partition coefficient (Wildman–Crippen LogP) is 3.59. The van der Waals surface area contributed by atoms with Gasteiger partial charge in [0.25, 0.3) is 5.69 Å². The van der Waals surface area contributed by atoms with Crippen LogP contribution in [0.5, 0.6) is 5.75 Å². The summed E-state index contributed by atoms with van der Waals surface area (Å²) in [6, 6.07) is 5.13. The zero-order chi connectivity index (χ0) is 13.8. The summed E-state index contributed by atoms with van der Waals surface area (Å²) in [5.41, 5.74) is 0.668. The molecule has 0 radical (unpaired) electrons. The number of nitrogens with one attached hydrogen (secondary N) is 1. The molecule has 0 amide bonds. The lowest BCUT2D eigenvalue weighted by Gasteiger charge is -2.30. The van der Waals surface area contributed by atoms with Gasteiger partial charge in [0, 0.05) is 18.2 Å². The summed E-state index contributed by atoms with van der Waals surface area (Å²) in [6.07, 6.45) is 4.67. The molecule has 1 N–H and O–H groups in total. The van der Waals surface area contributed by atoms with E-state index >= 15 is 0 Å². The van der Waals surface area contributed by atoms with Gasteiger partial charge in [-0.2, -0.15) is 0 Å². The molecule has 2 rings (SSSR count). The van der Waals surface area contributed by atoms with Crippen LogP contribution in [0.25, 0.3) is 0 Å². The van der Waals surface area contributed by atoms with E-state index in [0.29, 0.717) is 23.4 Å². The second kappa shape index (κ2) is 5.91. The number of benzene rings is 1. The van der Waals surface area contributed by atoms with E-state index in [-0.39, 0.29) is 10.6 Å². The van der Waals surface area contributed by atoms with E-state index < -0.39 is 0 Å². The summed E-state index contributed by atoms with van der Waals surface area (Å²) in [5, 5.41) is 14.4. The van der Waals surface area contributed by atoms with E-state index in [0.717, 1.165) is 6.42 Å². The quantitative estimate of drug-likeness (QED) is 0.666. The molecule has 19 heavy (non-hydrogen) atoms. The zero-order valence-electron chi connectivity index (χ0n) is 11.4. The number of rotatable bonds is 4. The topological polar surface area (TPSA) is 64.4 Å². The predicted molar refractivity (Wildman–Crippen MR) is 74.7 cm³/mol. The first-order valence-corrected chi connectivity index (χ1v) is 6.71. The van der Waals surface area contributed by atoms with Crippen molar-refractivity contribution in [2.24, 2.45) is 5.92 Å². The van der Waals surface area contributed by atoms with Gasteiger partial charge in [-0.3, -0.25) is 10.1 Å². The first kappa shape index (κ1) is 13.6. The average Bonchev–Trinajstić information content (AvgIpc) is 2.41. The smallest absolute Gasteiger partial charge is 0.292 e. The molecule has 5 heteroatoms. The molecule has 0 aromatic heterocycles. The number of nitrogens with zero attached hydrogens (tertiary/aromatic N) is 1. The Hall–Kier alpha value is -1.78. The van der Waals surface area contributed by atoms with E-state index in [9.17, 15) is 10.1 Å². The van der Waals surface area contributed by atoms with Gasteiger partial charge in [0.2, 0.25) is 0 Å². The Morgan fingerprint density at radius 3 is 2.74 bits per heavy atom. The molecule has 104 valence electrons. The largest absolute Gasteiger partial charge is 0.497 e. The molecule has 1 aromatic carbocycles. The van der Waals surface area contributed by atoms with Crippen molar-refractivity contribution < 1.29 is 9.66 Å². The molecule has 1 saturated carbocycles. The molecular weight excluding hydrogens is 244 g/mol. The normalized spacial score (nSPS) is 22.8. The van der Waals surface area contributed by atoms with E-state index in [4.69, 9.17) is 4.74 Å². The molecule has 2 unspecified atom stereocenters. The van der Waals surface area contributed by atoms with Gasteiger partial charge < -0.3 is 10.1 Å². The fourth-order valence-electron chi connectivity index (χ4n) is 2.65. The highest BCUT2D eigenvalue weighted by Gasteiger charge is 2.24. The van der Waals surface area contributed by atoms with E-state index in [1.807, 2.05) is 0 Å². The average molecular weight is 264 g/mol. The van der Waals surface area contributed by atoms with Crippen molar-refractivity contribution in [3.8, 4) is 5.75 Å². The number of anilines is 1. The molecule has 1 aromatic rings. The standard InChI is InChI=1S/C14H20N2O3/c1-10-5-3-4-6-12(10)15-13-9-11(19-2)7-8-14(13)16(17)18/h7-10,12,15H,3-6H2,1-2H3. The van der Waals surface area contributed by atoms with Crippen molar-refractivity contribution in [1.29, 1.82) is 0 Å². The Kier molecular flexibility index (Phi) is 4.24. The summed E-state index contributed by atoms with van der Waals surface area (Å²) < 4.78 is 5.14. The number of ether oxygens (including phenoxy) is 1. The zero-order valence-corrected chi connectivity index (χ0v) is 11.4. The van der Waals surface area contributed by atoms with Gasteiger partial charge >= 0.3 is 0 Å². The van der Waals surface area contributed by atoms with Crippen LogP contribution in [-0.2, 0) is 0 Å². The molecular formula is C14H20N2O3. The molecule has 0 bridgehead atoms. The highest BCUT2D eigenvalue weighted by molar-refractivity contribution is 5.64. The van der Waals surface area contributed by atoms with Crippen LogP contribution in [0.1, 0.15) is 32.6 Å². The van der Waals surface area contributed by atoms with Crippen molar-refractivity contribution in [2.75, 3.05) is 12.4 Å². The molecule has 0 heterocycles. The Morgan fingerprint density at radius 1 is 1.37 bits per heavy atom. The minimum absolute atomic E-state index is 0.110. The van der Waals surface area contributed by atoms with Crippen LogP contribution in [-0.4, -0.2) is 18.1 Å². The molecule has 1 aliphatic carbocycles. The van der Waals surface area contributed by atoms with Crippen LogP contribution in [0.15, 0.2) is 18.2 Å². The Labute approximate surface area is 113 Å². The van der Waals surface area contributed by atoms with E-state index in [2.05, 4.69) is 12.2 Å². The monoisotopic (exact) mass is 264 g/mol. The van der Waals surface area contributed by atoms with Gasteiger partial charge in [0.05, 0.1) is 12.0 Å². The van der Waals surface area contributed by atoms with Gasteiger partial charge in [-0.1, -0.05) is 19.8 Å². The minimum Gasteiger partial charge on any atom is -0.497 e. The summed E-state index contributed by atoms with van der Waals surface area (Å²) in [7, 11) is 1.56. The second-order valence-electron chi connectivity index (χ2n) is 5.15. The van der Waals surface area contributed by atoms with Crippen molar-refractivity contribution in [2.45, 2.75) is 38.6 Å². The third-order valence-electron chi connectivity index (χ3n) is 3.85. The molecule has 1 aliphatic rings. The first-order chi connectivity index (χ1) is 9.11. The molecule has 2 atom stereocenters. The second-order valence-corrected chi connectivity index (χ2v) is 5.15. The highest BCUT2D eigenvalue weighted by atomic mass is 16.6. The van der Waals surface area contributed by atoms with Crippen molar-refractivity contribution in [3.63, 3.8) is 0 Å². The third kappa shape index (κ3) is 3.16. The number of nitro groups is 1. The fourth-order valence-corrected chi connectivity index (χ4v) is 2.65. The van der Waals surface area contributed by atoms with Crippen LogP contribution in [0.3, 0.4) is 0 Å².